The fraction of sp³-hybridized carbons (Fsp3) is 0.231. The molecule has 0 radical (unpaired) electrons. The molecule has 0 spiro atoms. The van der Waals surface area contributed by atoms with Gasteiger partial charge in [-0.2, -0.15) is 4.98 Å². The van der Waals surface area contributed by atoms with Crippen LogP contribution in [0.4, 0.5) is 0 Å². The number of nitrogens with zero attached hydrogens (tertiary/aromatic N) is 6. The number of hydrogen-bond donors (Lipinski definition) is 1. The summed E-state index contributed by atoms with van der Waals surface area (Å²) in [5, 5.41) is 26.7. The Morgan fingerprint density at radius 2 is 1.78 bits per heavy atom. The predicted molar refractivity (Wildman–Crippen MR) is 129 cm³/mol. The van der Waals surface area contributed by atoms with E-state index in [0.717, 1.165) is 11.1 Å². The summed E-state index contributed by atoms with van der Waals surface area (Å²) >= 11 is 0. The zero-order valence-corrected chi connectivity index (χ0v) is 20.0. The number of benzene rings is 2. The monoisotopic (exact) mass is 484 g/mol. The summed E-state index contributed by atoms with van der Waals surface area (Å²) < 4.78 is 12.7. The van der Waals surface area contributed by atoms with Crippen molar-refractivity contribution < 1.29 is 18.9 Å². The standard InChI is InChI=1S/C26H24N6O4/c1-15(25-29-27-14-32(25)3)13-20(33)22(34)18-9-11-19(12-10-18)24-28-26(36-31-24)23-16(2)21(30-35-23)17-7-5-4-6-8-17/h4-12,14-15,22,34H,13H2,1-3H3. The Labute approximate surface area is 206 Å². The lowest BCUT2D eigenvalue weighted by atomic mass is 9.96. The van der Waals surface area contributed by atoms with Gasteiger partial charge in [0.2, 0.25) is 11.6 Å². The minimum atomic E-state index is -1.25. The number of aliphatic hydroxyl groups excluding tert-OH is 1. The van der Waals surface area contributed by atoms with Crippen molar-refractivity contribution in [3.05, 3.63) is 77.9 Å². The molecule has 0 aliphatic carbocycles. The number of aliphatic hydroxyl groups is 1. The summed E-state index contributed by atoms with van der Waals surface area (Å²) in [5.74, 6) is 1.20. The molecule has 2 unspecified atom stereocenters. The molecule has 10 heteroatoms. The lowest BCUT2D eigenvalue weighted by Crippen LogP contribution is -2.16. The lowest BCUT2D eigenvalue weighted by Gasteiger charge is -2.14. The van der Waals surface area contributed by atoms with Gasteiger partial charge in [0.25, 0.3) is 5.89 Å². The Bertz CT molecular complexity index is 1490. The summed E-state index contributed by atoms with van der Waals surface area (Å²) in [7, 11) is 1.82. The van der Waals surface area contributed by atoms with Gasteiger partial charge in [0, 0.05) is 36.1 Å². The molecule has 0 bridgehead atoms. The first kappa shape index (κ1) is 23.3. The molecular weight excluding hydrogens is 460 g/mol. The minimum Gasteiger partial charge on any atom is -0.381 e. The summed E-state index contributed by atoms with van der Waals surface area (Å²) in [4.78, 5) is 17.1. The Hall–Kier alpha value is -4.44. The molecule has 5 aromatic rings. The van der Waals surface area contributed by atoms with E-state index in [1.165, 1.54) is 0 Å². The van der Waals surface area contributed by atoms with Crippen LogP contribution in [0.3, 0.4) is 0 Å². The van der Waals surface area contributed by atoms with Crippen LogP contribution in [-0.2, 0) is 11.8 Å². The van der Waals surface area contributed by atoms with Gasteiger partial charge in [0.15, 0.2) is 5.78 Å². The third kappa shape index (κ3) is 4.46. The molecule has 0 amide bonds. The van der Waals surface area contributed by atoms with Gasteiger partial charge in [-0.15, -0.1) is 10.2 Å². The Morgan fingerprint density at radius 3 is 2.47 bits per heavy atom. The Balaban J connectivity index is 1.29. The third-order valence-corrected chi connectivity index (χ3v) is 6.08. The van der Waals surface area contributed by atoms with E-state index >= 15 is 0 Å². The van der Waals surface area contributed by atoms with Crippen LogP contribution in [0, 0.1) is 6.92 Å². The van der Waals surface area contributed by atoms with Crippen LogP contribution in [0.2, 0.25) is 0 Å². The van der Waals surface area contributed by atoms with Crippen LogP contribution in [0.15, 0.2) is 70.0 Å². The third-order valence-electron chi connectivity index (χ3n) is 6.08. The van der Waals surface area contributed by atoms with Crippen LogP contribution in [0.5, 0.6) is 0 Å². The molecule has 182 valence electrons. The van der Waals surface area contributed by atoms with Crippen LogP contribution >= 0.6 is 0 Å². The number of ketones is 1. The Kier molecular flexibility index (Phi) is 6.26. The van der Waals surface area contributed by atoms with Gasteiger partial charge in [0.1, 0.15) is 23.9 Å². The van der Waals surface area contributed by atoms with Gasteiger partial charge in [-0.3, -0.25) is 4.79 Å². The van der Waals surface area contributed by atoms with E-state index in [0.29, 0.717) is 34.2 Å². The molecule has 36 heavy (non-hydrogen) atoms. The van der Waals surface area contributed by atoms with E-state index in [4.69, 9.17) is 9.05 Å². The number of carbonyl (C=O) groups excluding carboxylic acids is 1. The second-order valence-electron chi connectivity index (χ2n) is 8.67. The first-order valence-corrected chi connectivity index (χ1v) is 11.4. The number of hydrogen-bond acceptors (Lipinski definition) is 9. The Morgan fingerprint density at radius 1 is 1.03 bits per heavy atom. The first-order chi connectivity index (χ1) is 17.4. The van der Waals surface area contributed by atoms with E-state index in [2.05, 4.69) is 25.5 Å². The van der Waals surface area contributed by atoms with Crippen molar-refractivity contribution in [1.82, 2.24) is 30.1 Å². The highest BCUT2D eigenvalue weighted by molar-refractivity contribution is 5.84. The molecule has 0 saturated carbocycles. The van der Waals surface area contributed by atoms with Gasteiger partial charge in [-0.05, 0) is 12.5 Å². The zero-order chi connectivity index (χ0) is 25.2. The van der Waals surface area contributed by atoms with Crippen molar-refractivity contribution in [2.24, 2.45) is 7.05 Å². The number of Topliss-reactive ketones (excluding diaryl/α,β-unsaturated/α-hetero) is 1. The maximum absolute atomic E-state index is 12.6. The number of aromatic nitrogens is 6. The van der Waals surface area contributed by atoms with E-state index < -0.39 is 6.10 Å². The maximum Gasteiger partial charge on any atom is 0.297 e. The summed E-state index contributed by atoms with van der Waals surface area (Å²) in [6.45, 7) is 3.76. The molecule has 5 rings (SSSR count). The van der Waals surface area contributed by atoms with Crippen LogP contribution in [-0.4, -0.2) is 41.0 Å². The van der Waals surface area contributed by atoms with Crippen LogP contribution in [0.1, 0.15) is 42.3 Å². The van der Waals surface area contributed by atoms with Crippen LogP contribution in [0.25, 0.3) is 34.3 Å². The van der Waals surface area contributed by atoms with Crippen molar-refractivity contribution in [3.63, 3.8) is 0 Å². The molecule has 2 atom stereocenters. The van der Waals surface area contributed by atoms with Gasteiger partial charge >= 0.3 is 0 Å². The minimum absolute atomic E-state index is 0.144. The van der Waals surface area contributed by atoms with Crippen molar-refractivity contribution >= 4 is 5.78 Å². The highest BCUT2D eigenvalue weighted by atomic mass is 16.5. The molecule has 1 N–H and O–H groups in total. The molecule has 3 aromatic heterocycles. The molecule has 2 aromatic carbocycles. The molecular formula is C26H24N6O4. The van der Waals surface area contributed by atoms with Crippen molar-refractivity contribution in [1.29, 1.82) is 0 Å². The van der Waals surface area contributed by atoms with E-state index in [1.54, 1.807) is 35.2 Å². The predicted octanol–water partition coefficient (Wildman–Crippen LogP) is 4.29. The van der Waals surface area contributed by atoms with Crippen molar-refractivity contribution in [2.45, 2.75) is 32.3 Å². The SMILES string of the molecule is Cc1c(-c2ccccc2)noc1-c1nc(-c2ccc(C(O)C(=O)CC(C)c3nncn3C)cc2)no1. The van der Waals surface area contributed by atoms with Gasteiger partial charge in [0.05, 0.1) is 0 Å². The quantitative estimate of drug-likeness (QED) is 0.342. The first-order valence-electron chi connectivity index (χ1n) is 11.4. The molecule has 0 aliphatic rings. The second-order valence-corrected chi connectivity index (χ2v) is 8.67. The van der Waals surface area contributed by atoms with E-state index in [-0.39, 0.29) is 24.0 Å². The lowest BCUT2D eigenvalue weighted by molar-refractivity contribution is -0.127. The molecule has 0 fully saturated rings. The number of aryl methyl sites for hydroxylation is 1. The van der Waals surface area contributed by atoms with Gasteiger partial charge in [-0.1, -0.05) is 71.8 Å². The fourth-order valence-corrected chi connectivity index (χ4v) is 4.08. The highest BCUT2D eigenvalue weighted by Gasteiger charge is 2.24. The smallest absolute Gasteiger partial charge is 0.297 e. The van der Waals surface area contributed by atoms with Gasteiger partial charge < -0.3 is 18.7 Å². The summed E-state index contributed by atoms with van der Waals surface area (Å²) in [5.41, 5.74) is 3.59. The van der Waals surface area contributed by atoms with Crippen LogP contribution < -0.4 is 0 Å². The average molecular weight is 485 g/mol. The topological polar surface area (TPSA) is 133 Å². The highest BCUT2D eigenvalue weighted by Crippen LogP contribution is 2.32. The maximum atomic E-state index is 12.6. The molecule has 10 nitrogen and oxygen atoms in total. The summed E-state index contributed by atoms with van der Waals surface area (Å²) in [6.07, 6.45) is 0.482. The zero-order valence-electron chi connectivity index (χ0n) is 20.0. The summed E-state index contributed by atoms with van der Waals surface area (Å²) in [6, 6.07) is 16.5. The van der Waals surface area contributed by atoms with Crippen molar-refractivity contribution in [2.75, 3.05) is 0 Å². The fourth-order valence-electron chi connectivity index (χ4n) is 4.08. The number of carbonyl (C=O) groups is 1. The molecule has 0 saturated heterocycles. The largest absolute Gasteiger partial charge is 0.381 e. The van der Waals surface area contributed by atoms with Crippen molar-refractivity contribution in [3.8, 4) is 34.3 Å². The van der Waals surface area contributed by atoms with E-state index in [9.17, 15) is 9.90 Å². The number of rotatable bonds is 8. The van der Waals surface area contributed by atoms with Gasteiger partial charge in [-0.25, -0.2) is 0 Å². The average Bonchev–Trinajstić information content (AvgIpc) is 3.64. The molecule has 0 aliphatic heterocycles. The molecule has 3 heterocycles. The normalized spacial score (nSPS) is 13.0. The second kappa shape index (κ2) is 9.67. The van der Waals surface area contributed by atoms with E-state index in [1.807, 2.05) is 51.2 Å².